The number of hydrogen-bond acceptors (Lipinski definition) is 3. The van der Waals surface area contributed by atoms with Crippen LogP contribution in [0, 0.1) is 18.6 Å². The summed E-state index contributed by atoms with van der Waals surface area (Å²) in [6.07, 6.45) is 0. The van der Waals surface area contributed by atoms with Gasteiger partial charge >= 0.3 is 0 Å². The third kappa shape index (κ3) is 4.42. The Balaban J connectivity index is 1.62. The largest absolute Gasteiger partial charge is 0.489 e. The number of nitrogens with one attached hydrogen (secondary N) is 1. The van der Waals surface area contributed by atoms with Crippen LogP contribution in [0.3, 0.4) is 0 Å². The van der Waals surface area contributed by atoms with Gasteiger partial charge in [0.05, 0.1) is 10.6 Å². The second-order valence-electron chi connectivity index (χ2n) is 5.50. The predicted molar refractivity (Wildman–Crippen MR) is 94.1 cm³/mol. The van der Waals surface area contributed by atoms with Crippen molar-refractivity contribution in [2.24, 2.45) is 0 Å². The van der Waals surface area contributed by atoms with E-state index in [9.17, 15) is 13.6 Å². The molecule has 3 aromatic rings. The van der Waals surface area contributed by atoms with Crippen LogP contribution in [0.4, 0.5) is 14.5 Å². The van der Waals surface area contributed by atoms with Crippen molar-refractivity contribution in [3.05, 3.63) is 81.5 Å². The Labute approximate surface area is 147 Å². The van der Waals surface area contributed by atoms with Crippen molar-refractivity contribution >= 4 is 22.9 Å². The molecule has 0 aliphatic rings. The van der Waals surface area contributed by atoms with Crippen molar-refractivity contribution in [1.29, 1.82) is 0 Å². The Morgan fingerprint density at radius 1 is 1.12 bits per heavy atom. The van der Waals surface area contributed by atoms with Gasteiger partial charge in [-0.05, 0) is 42.6 Å². The molecule has 2 aromatic carbocycles. The number of anilines is 1. The number of carbonyl (C=O) groups excluding carboxylic acids is 1. The number of hydrogen-bond donors (Lipinski definition) is 1. The summed E-state index contributed by atoms with van der Waals surface area (Å²) in [5.41, 5.74) is 1.93. The van der Waals surface area contributed by atoms with Gasteiger partial charge < -0.3 is 10.1 Å². The molecule has 0 saturated carbocycles. The molecule has 128 valence electrons. The number of thiophene rings is 1. The van der Waals surface area contributed by atoms with Crippen LogP contribution in [0.1, 0.15) is 20.8 Å². The Bertz CT molecular complexity index is 891. The van der Waals surface area contributed by atoms with Crippen LogP contribution >= 0.6 is 11.3 Å². The highest BCUT2D eigenvalue weighted by molar-refractivity contribution is 7.12. The van der Waals surface area contributed by atoms with Crippen molar-refractivity contribution in [3.63, 3.8) is 0 Å². The fourth-order valence-corrected chi connectivity index (χ4v) is 2.94. The number of benzene rings is 2. The zero-order valence-corrected chi connectivity index (χ0v) is 14.2. The van der Waals surface area contributed by atoms with Gasteiger partial charge in [0.15, 0.2) is 0 Å². The minimum Gasteiger partial charge on any atom is -0.489 e. The highest BCUT2D eigenvalue weighted by Crippen LogP contribution is 2.21. The van der Waals surface area contributed by atoms with Crippen molar-refractivity contribution in [1.82, 2.24) is 0 Å². The van der Waals surface area contributed by atoms with Crippen molar-refractivity contribution in [2.45, 2.75) is 13.5 Å². The summed E-state index contributed by atoms with van der Waals surface area (Å²) in [5.74, 6) is -1.21. The molecule has 1 heterocycles. The second-order valence-corrected chi connectivity index (χ2v) is 6.41. The van der Waals surface area contributed by atoms with Gasteiger partial charge in [0.2, 0.25) is 0 Å². The molecule has 1 N–H and O–H groups in total. The van der Waals surface area contributed by atoms with Gasteiger partial charge in [0.25, 0.3) is 5.91 Å². The molecule has 0 radical (unpaired) electrons. The van der Waals surface area contributed by atoms with Crippen molar-refractivity contribution in [2.75, 3.05) is 5.32 Å². The number of amides is 1. The summed E-state index contributed by atoms with van der Waals surface area (Å²) < 4.78 is 32.2. The average molecular weight is 359 g/mol. The van der Waals surface area contributed by atoms with Gasteiger partial charge in [-0.1, -0.05) is 17.7 Å². The van der Waals surface area contributed by atoms with Crippen LogP contribution in [0.15, 0.2) is 53.9 Å². The first-order valence-electron chi connectivity index (χ1n) is 7.54. The lowest BCUT2D eigenvalue weighted by molar-refractivity contribution is 0.103. The van der Waals surface area contributed by atoms with E-state index in [1.165, 1.54) is 17.4 Å². The first-order chi connectivity index (χ1) is 12.0. The zero-order chi connectivity index (χ0) is 17.8. The molecule has 25 heavy (non-hydrogen) atoms. The Hall–Kier alpha value is -2.73. The standard InChI is InChI=1S/C19H15F2NO2S/c1-12-2-5-15(6-3-12)24-10-13-8-18(25-11-13)19(23)22-17-7-4-14(20)9-16(17)21/h2-9,11H,10H2,1H3,(H,22,23). The maximum atomic E-state index is 13.6. The van der Waals surface area contributed by atoms with Gasteiger partial charge in [-0.3, -0.25) is 4.79 Å². The topological polar surface area (TPSA) is 38.3 Å². The number of aryl methyl sites for hydroxylation is 1. The fraction of sp³-hybridized carbons (Fsp3) is 0.105. The summed E-state index contributed by atoms with van der Waals surface area (Å²) in [7, 11) is 0. The number of rotatable bonds is 5. The molecule has 0 aliphatic heterocycles. The molecular formula is C19H15F2NO2S. The van der Waals surface area contributed by atoms with E-state index in [1.54, 1.807) is 6.07 Å². The lowest BCUT2D eigenvalue weighted by Gasteiger charge is -2.05. The third-order valence-corrected chi connectivity index (χ3v) is 4.46. The van der Waals surface area contributed by atoms with E-state index in [4.69, 9.17) is 4.74 Å². The minimum absolute atomic E-state index is 0.0581. The molecule has 0 saturated heterocycles. The molecule has 1 amide bonds. The van der Waals surface area contributed by atoms with E-state index in [1.807, 2.05) is 36.6 Å². The first-order valence-corrected chi connectivity index (χ1v) is 8.42. The number of halogens is 2. The van der Waals surface area contributed by atoms with E-state index >= 15 is 0 Å². The Morgan fingerprint density at radius 3 is 2.60 bits per heavy atom. The van der Waals surface area contributed by atoms with Gasteiger partial charge in [-0.15, -0.1) is 11.3 Å². The molecule has 3 rings (SSSR count). The van der Waals surface area contributed by atoms with Crippen LogP contribution in [0.5, 0.6) is 5.75 Å². The molecular weight excluding hydrogens is 344 g/mol. The average Bonchev–Trinajstić information content (AvgIpc) is 3.06. The number of ether oxygens (including phenoxy) is 1. The summed E-state index contributed by atoms with van der Waals surface area (Å²) in [6, 6.07) is 12.4. The first kappa shape index (κ1) is 17.1. The van der Waals surface area contributed by atoms with E-state index in [0.717, 1.165) is 29.0 Å². The van der Waals surface area contributed by atoms with Gasteiger partial charge in [0, 0.05) is 11.6 Å². The van der Waals surface area contributed by atoms with Crippen molar-refractivity contribution in [3.8, 4) is 5.75 Å². The third-order valence-electron chi connectivity index (χ3n) is 3.48. The summed E-state index contributed by atoms with van der Waals surface area (Å²) in [4.78, 5) is 12.6. The summed E-state index contributed by atoms with van der Waals surface area (Å²) >= 11 is 1.23. The molecule has 0 aliphatic carbocycles. The van der Waals surface area contributed by atoms with E-state index in [0.29, 0.717) is 11.5 Å². The zero-order valence-electron chi connectivity index (χ0n) is 13.4. The lowest BCUT2D eigenvalue weighted by atomic mass is 10.2. The summed E-state index contributed by atoms with van der Waals surface area (Å²) in [5, 5.41) is 4.25. The maximum Gasteiger partial charge on any atom is 0.265 e. The van der Waals surface area contributed by atoms with E-state index < -0.39 is 17.5 Å². The lowest BCUT2D eigenvalue weighted by Crippen LogP contribution is -2.11. The summed E-state index contributed by atoms with van der Waals surface area (Å²) in [6.45, 7) is 2.33. The van der Waals surface area contributed by atoms with E-state index in [2.05, 4.69) is 5.32 Å². The van der Waals surface area contributed by atoms with Crippen LogP contribution in [0.25, 0.3) is 0 Å². The molecule has 0 spiro atoms. The van der Waals surface area contributed by atoms with Gasteiger partial charge in [-0.25, -0.2) is 8.78 Å². The normalized spacial score (nSPS) is 10.5. The van der Waals surface area contributed by atoms with Crippen molar-refractivity contribution < 1.29 is 18.3 Å². The quantitative estimate of drug-likeness (QED) is 0.683. The monoisotopic (exact) mass is 359 g/mol. The molecule has 0 unspecified atom stereocenters. The smallest absolute Gasteiger partial charge is 0.265 e. The van der Waals surface area contributed by atoms with E-state index in [-0.39, 0.29) is 5.69 Å². The van der Waals surface area contributed by atoms with Gasteiger partial charge in [0.1, 0.15) is 24.0 Å². The molecule has 3 nitrogen and oxygen atoms in total. The molecule has 0 fully saturated rings. The van der Waals surface area contributed by atoms with Crippen LogP contribution in [-0.2, 0) is 6.61 Å². The molecule has 0 atom stereocenters. The highest BCUT2D eigenvalue weighted by atomic mass is 32.1. The second kappa shape index (κ2) is 7.44. The molecule has 0 bridgehead atoms. The van der Waals surface area contributed by atoms with Crippen LogP contribution in [0.2, 0.25) is 0 Å². The Kier molecular flexibility index (Phi) is 5.09. The fourth-order valence-electron chi connectivity index (χ4n) is 2.15. The molecule has 1 aromatic heterocycles. The van der Waals surface area contributed by atoms with Crippen LogP contribution < -0.4 is 10.1 Å². The van der Waals surface area contributed by atoms with Crippen LogP contribution in [-0.4, -0.2) is 5.91 Å². The molecule has 6 heteroatoms. The minimum atomic E-state index is -0.812. The van der Waals surface area contributed by atoms with Gasteiger partial charge in [-0.2, -0.15) is 0 Å². The highest BCUT2D eigenvalue weighted by Gasteiger charge is 2.12. The number of carbonyl (C=O) groups is 1. The maximum absolute atomic E-state index is 13.6. The Morgan fingerprint density at radius 2 is 1.88 bits per heavy atom. The SMILES string of the molecule is Cc1ccc(OCc2csc(C(=O)Nc3ccc(F)cc3F)c2)cc1. The predicted octanol–water partition coefficient (Wildman–Crippen LogP) is 5.17.